The minimum absolute atomic E-state index is 0.00699. The van der Waals surface area contributed by atoms with Gasteiger partial charge in [0.15, 0.2) is 5.76 Å². The van der Waals surface area contributed by atoms with Crippen molar-refractivity contribution in [1.82, 2.24) is 5.16 Å². The van der Waals surface area contributed by atoms with Gasteiger partial charge in [0.25, 0.3) is 0 Å². The number of hydrogen-bond donors (Lipinski definition) is 4. The zero-order valence-corrected chi connectivity index (χ0v) is 18.6. The van der Waals surface area contributed by atoms with E-state index in [4.69, 9.17) is 50.3 Å². The highest BCUT2D eigenvalue weighted by atomic mass is 35.5. The number of amidine groups is 1. The van der Waals surface area contributed by atoms with Crippen molar-refractivity contribution < 1.29 is 19.9 Å². The first kappa shape index (κ1) is 25.0. The lowest BCUT2D eigenvalue weighted by Gasteiger charge is -2.09. The average molecular weight is 487 g/mol. The molecule has 0 unspecified atom stereocenters. The average Bonchev–Trinajstić information content (AvgIpc) is 3.22. The van der Waals surface area contributed by atoms with Gasteiger partial charge >= 0.3 is 0 Å². The van der Waals surface area contributed by atoms with Crippen molar-refractivity contribution in [2.24, 2.45) is 10.9 Å². The number of aliphatic hydroxyl groups excluding tert-OH is 2. The molecule has 0 fully saturated rings. The van der Waals surface area contributed by atoms with E-state index in [1.165, 1.54) is 0 Å². The van der Waals surface area contributed by atoms with E-state index in [0.717, 1.165) is 5.56 Å². The molecule has 0 radical (unpaired) electrons. The summed E-state index contributed by atoms with van der Waals surface area (Å²) < 4.78 is 4.96. The van der Waals surface area contributed by atoms with Gasteiger partial charge in [-0.3, -0.25) is 0 Å². The third-order valence-corrected chi connectivity index (χ3v) is 4.95. The van der Waals surface area contributed by atoms with Crippen molar-refractivity contribution in [3.8, 4) is 0 Å². The van der Waals surface area contributed by atoms with Crippen LogP contribution in [0.15, 0.2) is 64.3 Å². The van der Waals surface area contributed by atoms with E-state index in [1.54, 1.807) is 54.6 Å². The number of nitrogens with two attached hydrogens (primary N) is 1. The van der Waals surface area contributed by atoms with Crippen LogP contribution in [-0.2, 0) is 12.3 Å². The Bertz CT molecular complexity index is 963. The zero-order chi connectivity index (χ0) is 22.8. The fourth-order valence-electron chi connectivity index (χ4n) is 2.56. The van der Waals surface area contributed by atoms with Crippen LogP contribution in [0.3, 0.4) is 0 Å². The van der Waals surface area contributed by atoms with Crippen LogP contribution in [0.25, 0.3) is 0 Å². The Kier molecular flexibility index (Phi) is 10.1. The molecule has 0 spiro atoms. The minimum atomic E-state index is -0.775. The SMILES string of the molecule is NC(C[C@H](O)c1ccc(Cl)cc1)=NO.O[C@@H](Cc1cc(CCl)on1)c1ccc(Cl)cc1. The predicted molar refractivity (Wildman–Crippen MR) is 121 cm³/mol. The Hall–Kier alpha value is -2.29. The molecule has 2 atom stereocenters. The first-order valence-electron chi connectivity index (χ1n) is 9.16. The van der Waals surface area contributed by atoms with Crippen LogP contribution in [0.2, 0.25) is 10.0 Å². The monoisotopic (exact) mass is 485 g/mol. The smallest absolute Gasteiger partial charge is 0.151 e. The number of halogens is 3. The molecule has 7 nitrogen and oxygen atoms in total. The molecule has 0 saturated heterocycles. The van der Waals surface area contributed by atoms with Crippen LogP contribution in [0.4, 0.5) is 0 Å². The summed E-state index contributed by atoms with van der Waals surface area (Å²) in [5.41, 5.74) is 7.42. The van der Waals surface area contributed by atoms with E-state index < -0.39 is 12.2 Å². The summed E-state index contributed by atoms with van der Waals surface area (Å²) >= 11 is 17.1. The normalized spacial score (nSPS) is 13.3. The van der Waals surface area contributed by atoms with Crippen molar-refractivity contribution in [3.05, 3.63) is 87.2 Å². The maximum atomic E-state index is 9.99. The lowest BCUT2D eigenvalue weighted by atomic mass is 10.1. The van der Waals surface area contributed by atoms with E-state index in [0.29, 0.717) is 33.5 Å². The van der Waals surface area contributed by atoms with Gasteiger partial charge < -0.3 is 25.7 Å². The van der Waals surface area contributed by atoms with E-state index in [-0.39, 0.29) is 18.1 Å². The van der Waals surface area contributed by atoms with Gasteiger partial charge in [0.1, 0.15) is 5.84 Å². The molecule has 0 aliphatic heterocycles. The summed E-state index contributed by atoms with van der Waals surface area (Å²) in [5.74, 6) is 0.877. The third kappa shape index (κ3) is 8.40. The minimum Gasteiger partial charge on any atom is -0.409 e. The van der Waals surface area contributed by atoms with Crippen LogP contribution in [0.1, 0.15) is 41.2 Å². The van der Waals surface area contributed by atoms with Crippen molar-refractivity contribution in [1.29, 1.82) is 0 Å². The first-order chi connectivity index (χ1) is 14.8. The second-order valence-electron chi connectivity index (χ2n) is 6.55. The Morgan fingerprint density at radius 2 is 1.48 bits per heavy atom. The molecule has 0 saturated carbocycles. The molecule has 31 heavy (non-hydrogen) atoms. The van der Waals surface area contributed by atoms with Crippen molar-refractivity contribution in [2.45, 2.75) is 30.9 Å². The Labute approximate surface area is 194 Å². The van der Waals surface area contributed by atoms with Crippen molar-refractivity contribution in [3.63, 3.8) is 0 Å². The van der Waals surface area contributed by atoms with E-state index in [2.05, 4.69) is 10.3 Å². The topological polar surface area (TPSA) is 125 Å². The molecule has 0 aliphatic carbocycles. The fraction of sp³-hybridized carbons (Fsp3) is 0.238. The molecule has 0 amide bonds. The largest absolute Gasteiger partial charge is 0.409 e. The lowest BCUT2D eigenvalue weighted by molar-refractivity contribution is 0.175. The van der Waals surface area contributed by atoms with Gasteiger partial charge in [-0.05, 0) is 35.4 Å². The van der Waals surface area contributed by atoms with Gasteiger partial charge in [-0.1, -0.05) is 57.8 Å². The summed E-state index contributed by atoms with van der Waals surface area (Å²) in [6.45, 7) is 0. The van der Waals surface area contributed by atoms with Gasteiger partial charge in [0.05, 0.1) is 23.8 Å². The standard InChI is InChI=1S/C12H11Cl2NO2.C9H11ClN2O2/c13-7-11-5-10(15-17-11)6-12(16)8-1-3-9(14)4-2-8;10-7-3-1-6(2-4-7)8(13)5-9(11)12-14/h1-5,12,16H,6-7H2;1-4,8,13-14H,5H2,(H2,11,12)/t12-;8-/m00/s1. The highest BCUT2D eigenvalue weighted by molar-refractivity contribution is 6.30. The Balaban J connectivity index is 0.000000225. The quantitative estimate of drug-likeness (QED) is 0.124. The van der Waals surface area contributed by atoms with Gasteiger partial charge in [0.2, 0.25) is 0 Å². The summed E-state index contributed by atoms with van der Waals surface area (Å²) in [5, 5.41) is 35.7. The lowest BCUT2D eigenvalue weighted by Crippen LogP contribution is -2.15. The van der Waals surface area contributed by atoms with E-state index >= 15 is 0 Å². The molecule has 5 N–H and O–H groups in total. The van der Waals surface area contributed by atoms with Gasteiger partial charge in [0, 0.05) is 29.0 Å². The second-order valence-corrected chi connectivity index (χ2v) is 7.69. The molecule has 3 aromatic rings. The molecular weight excluding hydrogens is 465 g/mol. The number of benzene rings is 2. The molecule has 166 valence electrons. The van der Waals surface area contributed by atoms with Crippen LogP contribution >= 0.6 is 34.8 Å². The predicted octanol–water partition coefficient (Wildman–Crippen LogP) is 4.85. The molecule has 0 aliphatic rings. The van der Waals surface area contributed by atoms with Crippen LogP contribution in [-0.4, -0.2) is 26.4 Å². The summed E-state index contributed by atoms with van der Waals surface area (Å²) in [4.78, 5) is 0. The first-order valence-corrected chi connectivity index (χ1v) is 10.4. The van der Waals surface area contributed by atoms with Crippen LogP contribution in [0, 0.1) is 0 Å². The fourth-order valence-corrected chi connectivity index (χ4v) is 2.94. The number of oxime groups is 1. The number of nitrogens with zero attached hydrogens (tertiary/aromatic N) is 2. The van der Waals surface area contributed by atoms with Gasteiger partial charge in [-0.25, -0.2) is 0 Å². The maximum Gasteiger partial charge on any atom is 0.151 e. The Morgan fingerprint density at radius 1 is 0.968 bits per heavy atom. The van der Waals surface area contributed by atoms with Crippen molar-refractivity contribution >= 4 is 40.6 Å². The number of aliphatic hydroxyl groups is 2. The van der Waals surface area contributed by atoms with Gasteiger partial charge in [-0.2, -0.15) is 0 Å². The zero-order valence-electron chi connectivity index (χ0n) is 16.3. The molecule has 3 rings (SSSR count). The van der Waals surface area contributed by atoms with E-state index in [1.807, 2.05) is 0 Å². The second kappa shape index (κ2) is 12.5. The molecule has 2 aromatic carbocycles. The van der Waals surface area contributed by atoms with Crippen LogP contribution in [0.5, 0.6) is 0 Å². The number of rotatable bonds is 7. The maximum absolute atomic E-state index is 9.99. The third-order valence-electron chi connectivity index (χ3n) is 4.18. The number of aromatic nitrogens is 1. The molecule has 10 heteroatoms. The van der Waals surface area contributed by atoms with Crippen molar-refractivity contribution in [2.75, 3.05) is 0 Å². The molecule has 1 aromatic heterocycles. The Morgan fingerprint density at radius 3 is 1.94 bits per heavy atom. The molecular formula is C21H22Cl3N3O4. The van der Waals surface area contributed by atoms with E-state index in [9.17, 15) is 10.2 Å². The number of alkyl halides is 1. The molecule has 0 bridgehead atoms. The van der Waals surface area contributed by atoms with Crippen LogP contribution < -0.4 is 5.73 Å². The highest BCUT2D eigenvalue weighted by Crippen LogP contribution is 2.21. The summed E-state index contributed by atoms with van der Waals surface area (Å²) in [7, 11) is 0. The number of hydrogen-bond acceptors (Lipinski definition) is 6. The van der Waals surface area contributed by atoms with Gasteiger partial charge in [-0.15, -0.1) is 11.6 Å². The summed E-state index contributed by atoms with van der Waals surface area (Å²) in [6.07, 6.45) is -0.913. The highest BCUT2D eigenvalue weighted by Gasteiger charge is 2.12. The summed E-state index contributed by atoms with van der Waals surface area (Å²) in [6, 6.07) is 15.5. The molecule has 1 heterocycles.